The minimum absolute atomic E-state index is 0.0704. The van der Waals surface area contributed by atoms with Crippen LogP contribution in [0, 0.1) is 12.7 Å². The second-order valence-electron chi connectivity index (χ2n) is 6.13. The van der Waals surface area contributed by atoms with Crippen LogP contribution >= 0.6 is 0 Å². The highest BCUT2D eigenvalue weighted by Gasteiger charge is 2.23. The Hall–Kier alpha value is -2.28. The molecule has 1 aromatic carbocycles. The quantitative estimate of drug-likeness (QED) is 0.906. The molecule has 1 aliphatic rings. The fourth-order valence-electron chi connectivity index (χ4n) is 2.82. The molecule has 0 saturated carbocycles. The van der Waals surface area contributed by atoms with Gasteiger partial charge in [0.15, 0.2) is 0 Å². The Labute approximate surface area is 140 Å². The van der Waals surface area contributed by atoms with E-state index >= 15 is 0 Å². The van der Waals surface area contributed by atoms with E-state index in [1.807, 2.05) is 7.05 Å². The molecule has 0 radical (unpaired) electrons. The van der Waals surface area contributed by atoms with Crippen LogP contribution in [0.15, 0.2) is 22.7 Å². The third kappa shape index (κ3) is 3.62. The Morgan fingerprint density at radius 2 is 2.33 bits per heavy atom. The smallest absolute Gasteiger partial charge is 0.227 e. The van der Waals surface area contributed by atoms with E-state index < -0.39 is 0 Å². The van der Waals surface area contributed by atoms with Gasteiger partial charge in [0.25, 0.3) is 0 Å². The highest BCUT2D eigenvalue weighted by Crippen LogP contribution is 2.19. The Morgan fingerprint density at radius 1 is 1.50 bits per heavy atom. The first-order chi connectivity index (χ1) is 11.5. The molecular formula is C17H21FN4O2. The maximum atomic E-state index is 13.3. The number of carbonyl (C=O) groups excluding carboxylic acids is 1. The average Bonchev–Trinajstić information content (AvgIpc) is 3.26. The van der Waals surface area contributed by atoms with Crippen molar-refractivity contribution in [1.82, 2.24) is 20.4 Å². The van der Waals surface area contributed by atoms with Crippen molar-refractivity contribution in [2.45, 2.75) is 32.2 Å². The van der Waals surface area contributed by atoms with Crippen molar-refractivity contribution >= 4 is 5.91 Å². The van der Waals surface area contributed by atoms with Crippen molar-refractivity contribution in [3.05, 3.63) is 35.5 Å². The zero-order chi connectivity index (χ0) is 17.1. The molecule has 128 valence electrons. The molecule has 1 fully saturated rings. The van der Waals surface area contributed by atoms with Gasteiger partial charge in [-0.05, 0) is 43.7 Å². The minimum Gasteiger partial charge on any atom is -0.341 e. The summed E-state index contributed by atoms with van der Waals surface area (Å²) in [6.07, 6.45) is 1.71. The number of amides is 1. The molecule has 1 aromatic heterocycles. The van der Waals surface area contributed by atoms with Gasteiger partial charge in [0.1, 0.15) is 5.82 Å². The zero-order valence-electron chi connectivity index (χ0n) is 13.9. The first-order valence-corrected chi connectivity index (χ1v) is 8.10. The number of nitrogens with one attached hydrogen (secondary N) is 1. The predicted molar refractivity (Wildman–Crippen MR) is 86.8 cm³/mol. The molecule has 3 rings (SSSR count). The summed E-state index contributed by atoms with van der Waals surface area (Å²) in [4.78, 5) is 18.3. The van der Waals surface area contributed by atoms with Crippen LogP contribution in [0.5, 0.6) is 0 Å². The van der Waals surface area contributed by atoms with Crippen molar-refractivity contribution in [2.75, 3.05) is 20.1 Å². The van der Waals surface area contributed by atoms with E-state index in [0.717, 1.165) is 19.5 Å². The molecule has 0 aliphatic carbocycles. The molecule has 1 unspecified atom stereocenters. The third-order valence-corrected chi connectivity index (χ3v) is 4.41. The Kier molecular flexibility index (Phi) is 4.89. The molecule has 2 aromatic rings. The van der Waals surface area contributed by atoms with Crippen LogP contribution in [0.3, 0.4) is 0 Å². The third-order valence-electron chi connectivity index (χ3n) is 4.41. The highest BCUT2D eigenvalue weighted by molar-refractivity contribution is 5.76. The first-order valence-electron chi connectivity index (χ1n) is 8.10. The summed E-state index contributed by atoms with van der Waals surface area (Å²) in [6, 6.07) is 4.94. The molecular weight excluding hydrogens is 311 g/mol. The Morgan fingerprint density at radius 3 is 3.04 bits per heavy atom. The summed E-state index contributed by atoms with van der Waals surface area (Å²) in [7, 11) is 1.83. The van der Waals surface area contributed by atoms with Crippen molar-refractivity contribution in [3.63, 3.8) is 0 Å². The lowest BCUT2D eigenvalue weighted by atomic mass is 10.1. The van der Waals surface area contributed by atoms with Gasteiger partial charge in [-0.1, -0.05) is 5.16 Å². The second-order valence-corrected chi connectivity index (χ2v) is 6.13. The zero-order valence-corrected chi connectivity index (χ0v) is 13.9. The number of carbonyl (C=O) groups is 1. The van der Waals surface area contributed by atoms with Crippen molar-refractivity contribution in [2.24, 2.45) is 0 Å². The fourth-order valence-corrected chi connectivity index (χ4v) is 2.82. The molecule has 1 aliphatic heterocycles. The van der Waals surface area contributed by atoms with Crippen LogP contribution in [0.1, 0.15) is 24.3 Å². The van der Waals surface area contributed by atoms with Gasteiger partial charge in [-0.25, -0.2) is 4.39 Å². The van der Waals surface area contributed by atoms with Crippen LogP contribution in [0.4, 0.5) is 4.39 Å². The van der Waals surface area contributed by atoms with Crippen LogP contribution in [-0.2, 0) is 11.2 Å². The summed E-state index contributed by atoms with van der Waals surface area (Å²) in [5, 5.41) is 7.16. The van der Waals surface area contributed by atoms with Crippen molar-refractivity contribution in [1.29, 1.82) is 0 Å². The second kappa shape index (κ2) is 7.09. The van der Waals surface area contributed by atoms with Gasteiger partial charge in [0.2, 0.25) is 17.6 Å². The van der Waals surface area contributed by atoms with E-state index in [9.17, 15) is 9.18 Å². The summed E-state index contributed by atoms with van der Waals surface area (Å²) >= 11 is 0. The van der Waals surface area contributed by atoms with Crippen LogP contribution in [0.2, 0.25) is 0 Å². The Bertz CT molecular complexity index is 725. The molecule has 1 amide bonds. The van der Waals surface area contributed by atoms with E-state index in [0.29, 0.717) is 35.7 Å². The number of likely N-dealkylation sites (N-methyl/N-ethyl adjacent to an activating group) is 1. The molecule has 0 bridgehead atoms. The number of aromatic nitrogens is 2. The highest BCUT2D eigenvalue weighted by atomic mass is 19.1. The fraction of sp³-hybridized carbons (Fsp3) is 0.471. The van der Waals surface area contributed by atoms with Gasteiger partial charge in [-0.15, -0.1) is 0 Å². The Balaban J connectivity index is 1.59. The first kappa shape index (κ1) is 16.6. The lowest BCUT2D eigenvalue weighted by molar-refractivity contribution is -0.131. The van der Waals surface area contributed by atoms with E-state index in [1.165, 1.54) is 6.07 Å². The largest absolute Gasteiger partial charge is 0.341 e. The van der Waals surface area contributed by atoms with Gasteiger partial charge >= 0.3 is 0 Å². The van der Waals surface area contributed by atoms with Crippen LogP contribution < -0.4 is 5.32 Å². The summed E-state index contributed by atoms with van der Waals surface area (Å²) in [5.41, 5.74) is 1.23. The van der Waals surface area contributed by atoms with Gasteiger partial charge in [-0.2, -0.15) is 4.98 Å². The van der Waals surface area contributed by atoms with Crippen LogP contribution in [-0.4, -0.2) is 47.1 Å². The molecule has 0 spiro atoms. The van der Waals surface area contributed by atoms with E-state index in [4.69, 9.17) is 4.52 Å². The minimum atomic E-state index is -0.266. The van der Waals surface area contributed by atoms with Gasteiger partial charge in [-0.3, -0.25) is 4.79 Å². The van der Waals surface area contributed by atoms with Gasteiger partial charge in [0, 0.05) is 38.0 Å². The number of hydrogen-bond donors (Lipinski definition) is 1. The van der Waals surface area contributed by atoms with Gasteiger partial charge in [0.05, 0.1) is 0 Å². The van der Waals surface area contributed by atoms with Crippen molar-refractivity contribution in [3.8, 4) is 11.4 Å². The normalized spacial score (nSPS) is 17.2. The predicted octanol–water partition coefficient (Wildman–Crippen LogP) is 1.94. The number of halogens is 1. The molecule has 1 saturated heterocycles. The number of benzene rings is 1. The standard InChI is InChI=1S/C17H21FN4O2/c1-11-9-12(3-4-14(11)18)17-20-15(24-21-17)5-6-16(23)22(2)13-7-8-19-10-13/h3-4,9,13,19H,5-8,10H2,1-2H3. The lowest BCUT2D eigenvalue weighted by Gasteiger charge is -2.23. The maximum absolute atomic E-state index is 13.3. The van der Waals surface area contributed by atoms with E-state index in [1.54, 1.807) is 24.0 Å². The monoisotopic (exact) mass is 332 g/mol. The number of rotatable bonds is 5. The summed E-state index contributed by atoms with van der Waals surface area (Å²) < 4.78 is 18.5. The molecule has 1 N–H and O–H groups in total. The SMILES string of the molecule is Cc1cc(-c2noc(CCC(=O)N(C)C3CCNC3)n2)ccc1F. The molecule has 2 heterocycles. The summed E-state index contributed by atoms with van der Waals surface area (Å²) in [5.74, 6) is 0.630. The number of nitrogens with zero attached hydrogens (tertiary/aromatic N) is 3. The maximum Gasteiger partial charge on any atom is 0.227 e. The molecule has 1 atom stereocenters. The molecule has 7 heteroatoms. The van der Waals surface area contributed by atoms with Crippen LogP contribution in [0.25, 0.3) is 11.4 Å². The number of aryl methyl sites for hydroxylation is 2. The molecule has 24 heavy (non-hydrogen) atoms. The van der Waals surface area contributed by atoms with E-state index in [-0.39, 0.29) is 17.8 Å². The van der Waals surface area contributed by atoms with E-state index in [2.05, 4.69) is 15.5 Å². The van der Waals surface area contributed by atoms with Crippen molar-refractivity contribution < 1.29 is 13.7 Å². The van der Waals surface area contributed by atoms with Gasteiger partial charge < -0.3 is 14.7 Å². The average molecular weight is 332 g/mol. The lowest BCUT2D eigenvalue weighted by Crippen LogP contribution is -2.38. The number of hydrogen-bond acceptors (Lipinski definition) is 5. The summed E-state index contributed by atoms with van der Waals surface area (Å²) in [6.45, 7) is 3.48. The molecule has 6 nitrogen and oxygen atoms in total. The topological polar surface area (TPSA) is 71.3 Å².